The van der Waals surface area contributed by atoms with Crippen LogP contribution in [0.15, 0.2) is 54.6 Å². The van der Waals surface area contributed by atoms with E-state index in [1.807, 2.05) is 54.2 Å². The van der Waals surface area contributed by atoms with Crippen LogP contribution in [0.25, 0.3) is 0 Å². The smallest absolute Gasteiger partial charge is 0.127 e. The Labute approximate surface area is 161 Å². The summed E-state index contributed by atoms with van der Waals surface area (Å²) in [5.74, 6) is 4.64. The molecule has 0 spiro atoms. The molecular weight excluding hydrogens is 340 g/mol. The second-order valence-corrected chi connectivity index (χ2v) is 9.39. The van der Waals surface area contributed by atoms with Crippen molar-refractivity contribution in [1.29, 1.82) is 0 Å². The van der Waals surface area contributed by atoms with Gasteiger partial charge in [-0.05, 0) is 66.3 Å². The highest BCUT2D eigenvalue weighted by molar-refractivity contribution is 7.98. The Balaban J connectivity index is 1.37. The van der Waals surface area contributed by atoms with Crippen LogP contribution in [0.1, 0.15) is 38.7 Å². The molecule has 3 atom stereocenters. The molecule has 2 aromatic carbocycles. The highest BCUT2D eigenvalue weighted by Gasteiger charge is 2.61. The van der Waals surface area contributed by atoms with Gasteiger partial charge in [0.05, 0.1) is 5.60 Å². The molecule has 0 aromatic heterocycles. The summed E-state index contributed by atoms with van der Waals surface area (Å²) in [6.45, 7) is 4.54. The van der Waals surface area contributed by atoms with Crippen LogP contribution in [-0.2, 0) is 5.75 Å². The van der Waals surface area contributed by atoms with Crippen molar-refractivity contribution in [1.82, 2.24) is 0 Å². The molecule has 2 nitrogen and oxygen atoms in total. The van der Waals surface area contributed by atoms with Crippen LogP contribution >= 0.6 is 11.8 Å². The summed E-state index contributed by atoms with van der Waals surface area (Å²) < 4.78 is 5.93. The number of fused-ring (bicyclic) bond motifs is 2. The summed E-state index contributed by atoms with van der Waals surface area (Å²) in [5.41, 5.74) is 0.771. The van der Waals surface area contributed by atoms with Crippen LogP contribution < -0.4 is 4.74 Å². The van der Waals surface area contributed by atoms with Crippen molar-refractivity contribution in [2.75, 3.05) is 5.75 Å². The van der Waals surface area contributed by atoms with E-state index >= 15 is 0 Å². The van der Waals surface area contributed by atoms with E-state index in [9.17, 15) is 5.11 Å². The Morgan fingerprint density at radius 2 is 1.73 bits per heavy atom. The van der Waals surface area contributed by atoms with Crippen molar-refractivity contribution in [3.05, 3.63) is 60.2 Å². The first-order chi connectivity index (χ1) is 12.5. The number of para-hydroxylation sites is 1. The van der Waals surface area contributed by atoms with Gasteiger partial charge in [-0.3, -0.25) is 0 Å². The number of thioether (sulfide) groups is 1. The lowest BCUT2D eigenvalue weighted by molar-refractivity contribution is -0.0862. The number of aliphatic hydroxyl groups is 1. The molecule has 2 bridgehead atoms. The molecule has 0 radical (unpaired) electrons. The zero-order chi connectivity index (χ0) is 18.2. The molecule has 26 heavy (non-hydrogen) atoms. The van der Waals surface area contributed by atoms with Crippen molar-refractivity contribution in [3.63, 3.8) is 0 Å². The van der Waals surface area contributed by atoms with Gasteiger partial charge >= 0.3 is 0 Å². The van der Waals surface area contributed by atoms with Gasteiger partial charge in [-0.15, -0.1) is 0 Å². The quantitative estimate of drug-likeness (QED) is 0.688. The summed E-state index contributed by atoms with van der Waals surface area (Å²) in [6.07, 6.45) is 3.71. The van der Waals surface area contributed by atoms with Gasteiger partial charge in [0.15, 0.2) is 0 Å². The fraction of sp³-hybridized carbons (Fsp3) is 0.478. The van der Waals surface area contributed by atoms with Crippen LogP contribution in [0.5, 0.6) is 11.5 Å². The molecule has 2 aromatic rings. The molecule has 0 heterocycles. The van der Waals surface area contributed by atoms with E-state index in [4.69, 9.17) is 4.74 Å². The molecule has 2 saturated carbocycles. The summed E-state index contributed by atoms with van der Waals surface area (Å²) in [6, 6.07) is 18.2. The highest BCUT2D eigenvalue weighted by atomic mass is 32.2. The Morgan fingerprint density at radius 1 is 1.00 bits per heavy atom. The van der Waals surface area contributed by atoms with E-state index in [0.29, 0.717) is 11.8 Å². The first-order valence-electron chi connectivity index (χ1n) is 9.61. The van der Waals surface area contributed by atoms with E-state index in [-0.39, 0.29) is 5.41 Å². The number of ether oxygens (including phenoxy) is 1. The third kappa shape index (κ3) is 3.16. The van der Waals surface area contributed by atoms with Gasteiger partial charge in [0.25, 0.3) is 0 Å². The molecule has 2 aliphatic rings. The molecule has 0 saturated heterocycles. The molecule has 0 aliphatic heterocycles. The minimum Gasteiger partial charge on any atom is -0.457 e. The molecule has 2 fully saturated rings. The Bertz CT molecular complexity index is 758. The van der Waals surface area contributed by atoms with Gasteiger partial charge in [-0.1, -0.05) is 44.2 Å². The van der Waals surface area contributed by atoms with E-state index < -0.39 is 5.60 Å². The third-order valence-corrected chi connectivity index (χ3v) is 7.89. The van der Waals surface area contributed by atoms with Crippen molar-refractivity contribution in [2.24, 2.45) is 17.3 Å². The lowest BCUT2D eigenvalue weighted by atomic mass is 9.66. The molecule has 1 N–H and O–H groups in total. The normalized spacial score (nSPS) is 29.0. The maximum Gasteiger partial charge on any atom is 0.127 e. The summed E-state index contributed by atoms with van der Waals surface area (Å²) in [4.78, 5) is 0. The molecule has 4 rings (SSSR count). The minimum absolute atomic E-state index is 0.0428. The Kier molecular flexibility index (Phi) is 4.79. The second kappa shape index (κ2) is 6.94. The van der Waals surface area contributed by atoms with Crippen molar-refractivity contribution >= 4 is 11.8 Å². The van der Waals surface area contributed by atoms with Crippen LogP contribution in [0.4, 0.5) is 0 Å². The van der Waals surface area contributed by atoms with Crippen LogP contribution in [0.2, 0.25) is 0 Å². The molecule has 0 amide bonds. The Hall–Kier alpha value is -1.45. The predicted octanol–water partition coefficient (Wildman–Crippen LogP) is 5.90. The van der Waals surface area contributed by atoms with Gasteiger partial charge < -0.3 is 9.84 Å². The monoisotopic (exact) mass is 368 g/mol. The fourth-order valence-corrected chi connectivity index (χ4v) is 6.34. The number of benzene rings is 2. The fourth-order valence-electron chi connectivity index (χ4n) is 4.90. The molecule has 138 valence electrons. The number of hydrogen-bond donors (Lipinski definition) is 1. The van der Waals surface area contributed by atoms with Crippen molar-refractivity contribution in [3.8, 4) is 11.5 Å². The molecule has 0 unspecified atom stereocenters. The van der Waals surface area contributed by atoms with E-state index in [1.165, 1.54) is 24.8 Å². The zero-order valence-corrected chi connectivity index (χ0v) is 16.5. The molecule has 3 heteroatoms. The van der Waals surface area contributed by atoms with E-state index in [2.05, 4.69) is 26.0 Å². The number of rotatable bonds is 6. The predicted molar refractivity (Wildman–Crippen MR) is 109 cm³/mol. The van der Waals surface area contributed by atoms with Gasteiger partial charge in [0.1, 0.15) is 11.5 Å². The summed E-state index contributed by atoms with van der Waals surface area (Å²) in [7, 11) is 0. The average molecular weight is 369 g/mol. The minimum atomic E-state index is -0.515. The van der Waals surface area contributed by atoms with Gasteiger partial charge in [0.2, 0.25) is 0 Å². The largest absolute Gasteiger partial charge is 0.457 e. The highest BCUT2D eigenvalue weighted by Crippen LogP contribution is 2.62. The average Bonchev–Trinajstić information content (AvgIpc) is 3.19. The first kappa shape index (κ1) is 17.9. The summed E-state index contributed by atoms with van der Waals surface area (Å²) in [5, 5.41) is 11.4. The van der Waals surface area contributed by atoms with Crippen molar-refractivity contribution in [2.45, 2.75) is 44.5 Å². The van der Waals surface area contributed by atoms with Gasteiger partial charge in [-0.2, -0.15) is 11.8 Å². The van der Waals surface area contributed by atoms with E-state index in [0.717, 1.165) is 23.0 Å². The maximum atomic E-state index is 11.4. The standard InChI is InChI=1S/C23H28O2S/c1-22(2)18-11-12-19(14-18)23(22,24)16-26-15-17-7-6-10-21(13-17)25-20-8-4-3-5-9-20/h3-10,13,18-19,24H,11-12,14-16H2,1-2H3/t18-,19+,23+/m0/s1. The van der Waals surface area contributed by atoms with E-state index in [1.54, 1.807) is 0 Å². The van der Waals surface area contributed by atoms with Crippen LogP contribution in [0, 0.1) is 17.3 Å². The van der Waals surface area contributed by atoms with Gasteiger partial charge in [-0.25, -0.2) is 0 Å². The third-order valence-electron chi connectivity index (χ3n) is 6.71. The second-order valence-electron chi connectivity index (χ2n) is 8.41. The van der Waals surface area contributed by atoms with Crippen LogP contribution in [-0.4, -0.2) is 16.5 Å². The topological polar surface area (TPSA) is 29.5 Å². The molecular formula is C23H28O2S. The number of hydrogen-bond acceptors (Lipinski definition) is 3. The molecule has 2 aliphatic carbocycles. The maximum absolute atomic E-state index is 11.4. The lowest BCUT2D eigenvalue weighted by Gasteiger charge is -2.46. The SMILES string of the molecule is CC1(C)[C@H]2CC[C@H](C2)[C@]1(O)CSCc1cccc(Oc2ccccc2)c1. The Morgan fingerprint density at radius 3 is 2.46 bits per heavy atom. The van der Waals surface area contributed by atoms with Crippen molar-refractivity contribution < 1.29 is 9.84 Å². The zero-order valence-electron chi connectivity index (χ0n) is 15.7. The van der Waals surface area contributed by atoms with Gasteiger partial charge in [0, 0.05) is 11.5 Å². The first-order valence-corrected chi connectivity index (χ1v) is 10.8. The lowest BCUT2D eigenvalue weighted by Crippen LogP contribution is -2.51. The van der Waals surface area contributed by atoms with Crippen LogP contribution in [0.3, 0.4) is 0 Å². The summed E-state index contributed by atoms with van der Waals surface area (Å²) >= 11 is 1.85.